The number of hydrogen-bond acceptors (Lipinski definition) is 5. The highest BCUT2D eigenvalue weighted by molar-refractivity contribution is 5.79. The lowest BCUT2D eigenvalue weighted by Gasteiger charge is -2.35. The minimum absolute atomic E-state index is 0.0389. The summed E-state index contributed by atoms with van der Waals surface area (Å²) < 4.78 is 11.0. The fourth-order valence-electron chi connectivity index (χ4n) is 2.97. The van der Waals surface area contributed by atoms with Crippen LogP contribution in [0.5, 0.6) is 0 Å². The van der Waals surface area contributed by atoms with E-state index >= 15 is 0 Å². The Bertz CT molecular complexity index is 595. The summed E-state index contributed by atoms with van der Waals surface area (Å²) in [4.78, 5) is 33.0. The lowest BCUT2D eigenvalue weighted by Crippen LogP contribution is -2.46. The van der Waals surface area contributed by atoms with Gasteiger partial charge in [-0.25, -0.2) is 4.98 Å². The van der Waals surface area contributed by atoms with Gasteiger partial charge in [-0.15, -0.1) is 0 Å². The van der Waals surface area contributed by atoms with E-state index in [2.05, 4.69) is 9.97 Å². The molecule has 7 heteroatoms. The largest absolute Gasteiger partial charge is 0.381 e. The van der Waals surface area contributed by atoms with Crippen molar-refractivity contribution in [2.45, 2.75) is 25.9 Å². The quantitative estimate of drug-likeness (QED) is 0.855. The zero-order valence-electron chi connectivity index (χ0n) is 12.7. The van der Waals surface area contributed by atoms with E-state index in [4.69, 9.17) is 9.47 Å². The van der Waals surface area contributed by atoms with Crippen LogP contribution in [0.15, 0.2) is 10.9 Å². The summed E-state index contributed by atoms with van der Waals surface area (Å²) in [6, 6.07) is 1.44. The molecule has 0 bridgehead atoms. The van der Waals surface area contributed by atoms with Crippen LogP contribution in [0.25, 0.3) is 0 Å². The third kappa shape index (κ3) is 3.36. The van der Waals surface area contributed by atoms with Crippen LogP contribution >= 0.6 is 0 Å². The van der Waals surface area contributed by atoms with Crippen molar-refractivity contribution < 1.29 is 14.3 Å². The van der Waals surface area contributed by atoms with Gasteiger partial charge in [-0.3, -0.25) is 9.59 Å². The van der Waals surface area contributed by atoms with E-state index in [0.717, 1.165) is 12.8 Å². The molecule has 1 aromatic heterocycles. The van der Waals surface area contributed by atoms with Crippen molar-refractivity contribution >= 4 is 5.91 Å². The van der Waals surface area contributed by atoms with Gasteiger partial charge in [0, 0.05) is 37.4 Å². The average molecular weight is 307 g/mol. The zero-order valence-corrected chi connectivity index (χ0v) is 12.7. The van der Waals surface area contributed by atoms with E-state index in [-0.39, 0.29) is 23.5 Å². The SMILES string of the molecule is Cc1cc(=O)[nH]c(C2CN(C(=O)C3CCOCC3)CCO2)n1. The molecular weight excluding hydrogens is 286 g/mol. The molecule has 1 aromatic rings. The van der Waals surface area contributed by atoms with E-state index < -0.39 is 0 Å². The standard InChI is InChI=1S/C15H21N3O4/c1-10-8-13(19)17-14(16-10)12-9-18(4-7-22-12)15(20)11-2-5-21-6-3-11/h8,11-12H,2-7,9H2,1H3,(H,16,17,19). The third-order valence-electron chi connectivity index (χ3n) is 4.14. The zero-order chi connectivity index (χ0) is 15.5. The van der Waals surface area contributed by atoms with Gasteiger partial charge in [0.15, 0.2) is 0 Å². The number of amides is 1. The Hall–Kier alpha value is -1.73. The minimum Gasteiger partial charge on any atom is -0.381 e. The number of aromatic nitrogens is 2. The number of H-pyrrole nitrogens is 1. The van der Waals surface area contributed by atoms with Gasteiger partial charge in [-0.2, -0.15) is 0 Å². The Labute approximate surface area is 128 Å². The molecule has 1 atom stereocenters. The number of aromatic amines is 1. The molecule has 0 saturated carbocycles. The normalized spacial score (nSPS) is 23.5. The Kier molecular flexibility index (Phi) is 4.54. The number of carbonyl (C=O) groups excluding carboxylic acids is 1. The molecule has 0 aromatic carbocycles. The van der Waals surface area contributed by atoms with E-state index in [1.807, 2.05) is 4.90 Å². The fraction of sp³-hybridized carbons (Fsp3) is 0.667. The number of carbonyl (C=O) groups is 1. The number of nitrogens with one attached hydrogen (secondary N) is 1. The van der Waals surface area contributed by atoms with Crippen LogP contribution < -0.4 is 5.56 Å². The summed E-state index contributed by atoms with van der Waals surface area (Å²) in [6.07, 6.45) is 1.19. The molecule has 120 valence electrons. The molecule has 2 aliphatic heterocycles. The van der Waals surface area contributed by atoms with Crippen LogP contribution in [0.2, 0.25) is 0 Å². The Morgan fingerprint density at radius 2 is 2.14 bits per heavy atom. The summed E-state index contributed by atoms with van der Waals surface area (Å²) >= 11 is 0. The molecule has 2 aliphatic rings. The van der Waals surface area contributed by atoms with Crippen molar-refractivity contribution in [1.82, 2.24) is 14.9 Å². The first-order valence-corrected chi connectivity index (χ1v) is 7.69. The third-order valence-corrected chi connectivity index (χ3v) is 4.14. The summed E-state index contributed by atoms with van der Waals surface area (Å²) in [5.41, 5.74) is 0.453. The molecule has 1 N–H and O–H groups in total. The molecule has 7 nitrogen and oxygen atoms in total. The summed E-state index contributed by atoms with van der Waals surface area (Å²) in [7, 11) is 0. The number of ether oxygens (including phenoxy) is 2. The molecule has 1 unspecified atom stereocenters. The van der Waals surface area contributed by atoms with Crippen molar-refractivity contribution in [2.75, 3.05) is 32.9 Å². The van der Waals surface area contributed by atoms with Crippen molar-refractivity contribution in [2.24, 2.45) is 5.92 Å². The molecule has 2 fully saturated rings. The van der Waals surface area contributed by atoms with Gasteiger partial charge in [-0.05, 0) is 19.8 Å². The van der Waals surface area contributed by atoms with Crippen LogP contribution in [-0.2, 0) is 14.3 Å². The highest BCUT2D eigenvalue weighted by Crippen LogP contribution is 2.23. The first kappa shape index (κ1) is 15.2. The van der Waals surface area contributed by atoms with Crippen molar-refractivity contribution in [1.29, 1.82) is 0 Å². The maximum atomic E-state index is 12.6. The Morgan fingerprint density at radius 3 is 2.86 bits per heavy atom. The van der Waals surface area contributed by atoms with Crippen LogP contribution in [0.3, 0.4) is 0 Å². The molecule has 2 saturated heterocycles. The van der Waals surface area contributed by atoms with Gasteiger partial charge in [0.05, 0.1) is 13.2 Å². The first-order chi connectivity index (χ1) is 10.6. The van der Waals surface area contributed by atoms with Crippen LogP contribution in [-0.4, -0.2) is 53.7 Å². The summed E-state index contributed by atoms with van der Waals surface area (Å²) in [5, 5.41) is 0. The lowest BCUT2D eigenvalue weighted by molar-refractivity contribution is -0.146. The summed E-state index contributed by atoms with van der Waals surface area (Å²) in [5.74, 6) is 0.693. The van der Waals surface area contributed by atoms with Crippen molar-refractivity contribution in [3.05, 3.63) is 27.9 Å². The predicted molar refractivity (Wildman–Crippen MR) is 78.4 cm³/mol. The second-order valence-corrected chi connectivity index (χ2v) is 5.80. The van der Waals surface area contributed by atoms with E-state index in [1.54, 1.807) is 6.92 Å². The molecule has 0 spiro atoms. The average Bonchev–Trinajstić information content (AvgIpc) is 2.54. The Morgan fingerprint density at radius 1 is 1.36 bits per heavy atom. The number of hydrogen-bond donors (Lipinski definition) is 1. The highest BCUT2D eigenvalue weighted by Gasteiger charge is 2.31. The predicted octanol–water partition coefficient (Wildman–Crippen LogP) is 0.405. The second-order valence-electron chi connectivity index (χ2n) is 5.80. The van der Waals surface area contributed by atoms with Gasteiger partial charge in [0.1, 0.15) is 11.9 Å². The van der Waals surface area contributed by atoms with Gasteiger partial charge >= 0.3 is 0 Å². The maximum Gasteiger partial charge on any atom is 0.251 e. The maximum absolute atomic E-state index is 12.6. The number of nitrogens with zero attached hydrogens (tertiary/aromatic N) is 2. The number of rotatable bonds is 2. The molecular formula is C15H21N3O4. The van der Waals surface area contributed by atoms with E-state index in [0.29, 0.717) is 44.4 Å². The highest BCUT2D eigenvalue weighted by atomic mass is 16.5. The second kappa shape index (κ2) is 6.58. The van der Waals surface area contributed by atoms with Crippen molar-refractivity contribution in [3.8, 4) is 0 Å². The molecule has 3 heterocycles. The van der Waals surface area contributed by atoms with E-state index in [9.17, 15) is 9.59 Å². The molecule has 1 amide bonds. The van der Waals surface area contributed by atoms with Gasteiger partial charge in [-0.1, -0.05) is 0 Å². The molecule has 0 radical (unpaired) electrons. The van der Waals surface area contributed by atoms with E-state index in [1.165, 1.54) is 6.07 Å². The monoisotopic (exact) mass is 307 g/mol. The summed E-state index contributed by atoms with van der Waals surface area (Å²) in [6.45, 7) is 4.54. The van der Waals surface area contributed by atoms with Crippen LogP contribution in [0, 0.1) is 12.8 Å². The fourth-order valence-corrected chi connectivity index (χ4v) is 2.97. The topological polar surface area (TPSA) is 84.5 Å². The molecule has 0 aliphatic carbocycles. The molecule has 22 heavy (non-hydrogen) atoms. The van der Waals surface area contributed by atoms with Gasteiger partial charge in [0.25, 0.3) is 5.56 Å². The number of aryl methyl sites for hydroxylation is 1. The van der Waals surface area contributed by atoms with Crippen LogP contribution in [0.4, 0.5) is 0 Å². The first-order valence-electron chi connectivity index (χ1n) is 7.69. The van der Waals surface area contributed by atoms with Gasteiger partial charge < -0.3 is 19.4 Å². The number of morpholine rings is 1. The molecule has 3 rings (SSSR count). The smallest absolute Gasteiger partial charge is 0.251 e. The Balaban J connectivity index is 1.70. The van der Waals surface area contributed by atoms with Crippen LogP contribution in [0.1, 0.15) is 30.5 Å². The van der Waals surface area contributed by atoms with Gasteiger partial charge in [0.2, 0.25) is 5.91 Å². The lowest BCUT2D eigenvalue weighted by atomic mass is 9.98. The van der Waals surface area contributed by atoms with Crippen molar-refractivity contribution in [3.63, 3.8) is 0 Å². The minimum atomic E-state index is -0.370.